The molecule has 0 fully saturated rings. The number of benzene rings is 1. The average Bonchev–Trinajstić information content (AvgIpc) is 3.28. The summed E-state index contributed by atoms with van der Waals surface area (Å²) in [6.07, 6.45) is 3.53. The maximum absolute atomic E-state index is 11.1. The Labute approximate surface area is 147 Å². The van der Waals surface area contributed by atoms with Crippen LogP contribution in [0.15, 0.2) is 54.2 Å². The Morgan fingerprint density at radius 1 is 1.24 bits per heavy atom. The minimum absolute atomic E-state index is 0.280. The summed E-state index contributed by atoms with van der Waals surface area (Å²) in [6.45, 7) is 0. The number of carboxylic acid groups (broad SMARTS) is 1. The number of carboxylic acids is 1. The van der Waals surface area contributed by atoms with Gasteiger partial charge in [0.1, 0.15) is 10.4 Å². The molecule has 7 heteroatoms. The van der Waals surface area contributed by atoms with E-state index in [1.54, 1.807) is 29.3 Å². The van der Waals surface area contributed by atoms with Crippen LogP contribution in [-0.2, 0) is 0 Å². The molecule has 0 aliphatic rings. The summed E-state index contributed by atoms with van der Waals surface area (Å²) >= 11 is 1.18. The van der Waals surface area contributed by atoms with Gasteiger partial charge in [-0.05, 0) is 17.0 Å². The number of carbonyl (C=O) groups is 1. The lowest BCUT2D eigenvalue weighted by Gasteiger charge is -2.07. The van der Waals surface area contributed by atoms with Crippen molar-refractivity contribution < 1.29 is 14.6 Å². The fourth-order valence-corrected chi connectivity index (χ4v) is 3.42. The molecule has 0 atom stereocenters. The van der Waals surface area contributed by atoms with E-state index in [9.17, 15) is 4.79 Å². The smallest absolute Gasteiger partial charge is 0.345 e. The molecule has 25 heavy (non-hydrogen) atoms. The lowest BCUT2D eigenvalue weighted by Crippen LogP contribution is -1.98. The van der Waals surface area contributed by atoms with Gasteiger partial charge in [-0.1, -0.05) is 30.3 Å². The lowest BCUT2D eigenvalue weighted by atomic mass is 10.1. The number of thiophene rings is 1. The molecule has 1 aromatic carbocycles. The van der Waals surface area contributed by atoms with Crippen molar-refractivity contribution in [2.45, 2.75) is 0 Å². The number of nitrogens with zero attached hydrogens (tertiary/aromatic N) is 3. The van der Waals surface area contributed by atoms with Crippen molar-refractivity contribution >= 4 is 22.8 Å². The number of aromatic carboxylic acids is 1. The highest BCUT2D eigenvalue weighted by Crippen LogP contribution is 2.34. The number of rotatable bonds is 4. The molecule has 0 aliphatic carbocycles. The lowest BCUT2D eigenvalue weighted by molar-refractivity contribution is 0.0702. The van der Waals surface area contributed by atoms with Gasteiger partial charge in [-0.15, -0.1) is 11.3 Å². The zero-order valence-electron chi connectivity index (χ0n) is 13.2. The van der Waals surface area contributed by atoms with Gasteiger partial charge in [0.15, 0.2) is 0 Å². The molecule has 0 spiro atoms. The molecule has 3 aromatic heterocycles. The fraction of sp³-hybridized carbons (Fsp3) is 0.0556. The Morgan fingerprint density at radius 2 is 2.04 bits per heavy atom. The van der Waals surface area contributed by atoms with Gasteiger partial charge < -0.3 is 9.84 Å². The minimum Gasteiger partial charge on any atom is -0.479 e. The number of hydrogen-bond acceptors (Lipinski definition) is 5. The Bertz CT molecular complexity index is 1070. The van der Waals surface area contributed by atoms with E-state index < -0.39 is 5.97 Å². The summed E-state index contributed by atoms with van der Waals surface area (Å²) in [6, 6.07) is 11.4. The first-order chi connectivity index (χ1) is 12.2. The Morgan fingerprint density at radius 3 is 2.72 bits per heavy atom. The zero-order chi connectivity index (χ0) is 17.4. The zero-order valence-corrected chi connectivity index (χ0v) is 14.0. The normalized spacial score (nSPS) is 10.9. The Hall–Kier alpha value is -3.19. The monoisotopic (exact) mass is 351 g/mol. The van der Waals surface area contributed by atoms with Crippen molar-refractivity contribution in [1.29, 1.82) is 0 Å². The van der Waals surface area contributed by atoms with E-state index >= 15 is 0 Å². The minimum atomic E-state index is -0.941. The Balaban J connectivity index is 1.89. The van der Waals surface area contributed by atoms with Gasteiger partial charge in [-0.2, -0.15) is 5.10 Å². The molecule has 0 saturated heterocycles. The molecular formula is C18H13N3O3S. The molecule has 0 bridgehead atoms. The third kappa shape index (κ3) is 2.64. The van der Waals surface area contributed by atoms with E-state index in [1.165, 1.54) is 11.3 Å². The van der Waals surface area contributed by atoms with Crippen molar-refractivity contribution in [3.05, 3.63) is 59.0 Å². The second-order valence-corrected chi connectivity index (χ2v) is 6.27. The van der Waals surface area contributed by atoms with Crippen molar-refractivity contribution in [2.75, 3.05) is 7.11 Å². The first kappa shape index (κ1) is 15.3. The maximum Gasteiger partial charge on any atom is 0.345 e. The highest BCUT2D eigenvalue weighted by Gasteiger charge is 2.17. The van der Waals surface area contributed by atoms with Gasteiger partial charge in [-0.3, -0.25) is 0 Å². The summed E-state index contributed by atoms with van der Waals surface area (Å²) in [5.41, 5.74) is 3.98. The predicted molar refractivity (Wildman–Crippen MR) is 95.2 cm³/mol. The molecule has 0 aliphatic heterocycles. The molecule has 4 aromatic rings. The second kappa shape index (κ2) is 6.03. The topological polar surface area (TPSA) is 76.7 Å². The molecule has 0 amide bonds. The third-order valence-electron chi connectivity index (χ3n) is 3.85. The van der Waals surface area contributed by atoms with Gasteiger partial charge in [0, 0.05) is 11.1 Å². The van der Waals surface area contributed by atoms with Crippen LogP contribution in [0, 0.1) is 0 Å². The van der Waals surface area contributed by atoms with Crippen LogP contribution in [0.5, 0.6) is 5.88 Å². The second-order valence-electron chi connectivity index (χ2n) is 5.36. The Kier molecular flexibility index (Phi) is 3.70. The number of methoxy groups -OCH3 is 1. The summed E-state index contributed by atoms with van der Waals surface area (Å²) < 4.78 is 7.19. The third-order valence-corrected chi connectivity index (χ3v) is 4.77. The van der Waals surface area contributed by atoms with Gasteiger partial charge >= 0.3 is 5.97 Å². The molecule has 4 rings (SSSR count). The van der Waals surface area contributed by atoms with E-state index in [2.05, 4.69) is 10.1 Å². The van der Waals surface area contributed by atoms with E-state index in [-0.39, 0.29) is 4.88 Å². The van der Waals surface area contributed by atoms with E-state index in [4.69, 9.17) is 9.84 Å². The van der Waals surface area contributed by atoms with Gasteiger partial charge in [0.25, 0.3) is 0 Å². The molecule has 6 nitrogen and oxygen atoms in total. The summed E-state index contributed by atoms with van der Waals surface area (Å²) in [4.78, 5) is 16.0. The van der Waals surface area contributed by atoms with Crippen molar-refractivity contribution in [1.82, 2.24) is 14.6 Å². The molecule has 0 radical (unpaired) electrons. The van der Waals surface area contributed by atoms with E-state index in [0.717, 1.165) is 22.4 Å². The van der Waals surface area contributed by atoms with Crippen molar-refractivity contribution in [3.8, 4) is 28.3 Å². The SMILES string of the molecule is COc1nc(-c2ccccc2)cn2ncc(-c3csc(C(=O)O)c3)c12. The standard InChI is InChI=1S/C18H13N3O3S/c1-24-17-16-13(12-7-15(18(22)23)25-10-12)8-19-21(16)9-14(20-17)11-5-3-2-4-6-11/h2-10H,1H3,(H,22,23). The van der Waals surface area contributed by atoms with Gasteiger partial charge in [0.2, 0.25) is 5.88 Å². The molecule has 0 unspecified atom stereocenters. The van der Waals surface area contributed by atoms with Crippen LogP contribution in [0.3, 0.4) is 0 Å². The van der Waals surface area contributed by atoms with Gasteiger partial charge in [0.05, 0.1) is 25.2 Å². The number of hydrogen-bond donors (Lipinski definition) is 1. The molecule has 0 saturated carbocycles. The predicted octanol–water partition coefficient (Wildman–Crippen LogP) is 3.83. The number of ether oxygens (including phenoxy) is 1. The van der Waals surface area contributed by atoms with Crippen LogP contribution in [0.25, 0.3) is 27.9 Å². The van der Waals surface area contributed by atoms with Crippen LogP contribution < -0.4 is 4.74 Å². The van der Waals surface area contributed by atoms with Crippen LogP contribution >= 0.6 is 11.3 Å². The number of aromatic nitrogens is 3. The fourth-order valence-electron chi connectivity index (χ4n) is 2.67. The van der Waals surface area contributed by atoms with Crippen molar-refractivity contribution in [2.24, 2.45) is 0 Å². The summed E-state index contributed by atoms with van der Waals surface area (Å²) in [5.74, 6) is -0.499. The van der Waals surface area contributed by atoms with Crippen LogP contribution in [0.2, 0.25) is 0 Å². The summed E-state index contributed by atoms with van der Waals surface area (Å²) in [5, 5.41) is 15.3. The average molecular weight is 351 g/mol. The largest absolute Gasteiger partial charge is 0.479 e. The summed E-state index contributed by atoms with van der Waals surface area (Å²) in [7, 11) is 1.56. The number of fused-ring (bicyclic) bond motifs is 1. The van der Waals surface area contributed by atoms with E-state index in [0.29, 0.717) is 11.4 Å². The highest BCUT2D eigenvalue weighted by molar-refractivity contribution is 7.12. The highest BCUT2D eigenvalue weighted by atomic mass is 32.1. The van der Waals surface area contributed by atoms with Crippen LogP contribution in [-0.4, -0.2) is 32.8 Å². The van der Waals surface area contributed by atoms with Gasteiger partial charge in [-0.25, -0.2) is 14.3 Å². The van der Waals surface area contributed by atoms with Crippen molar-refractivity contribution in [3.63, 3.8) is 0 Å². The quantitative estimate of drug-likeness (QED) is 0.605. The first-order valence-corrected chi connectivity index (χ1v) is 8.35. The van der Waals surface area contributed by atoms with Crippen LogP contribution in [0.1, 0.15) is 9.67 Å². The van der Waals surface area contributed by atoms with Crippen LogP contribution in [0.4, 0.5) is 0 Å². The first-order valence-electron chi connectivity index (χ1n) is 7.47. The molecule has 1 N–H and O–H groups in total. The molecule has 124 valence electrons. The molecule has 3 heterocycles. The molecular weight excluding hydrogens is 338 g/mol. The maximum atomic E-state index is 11.1. The van der Waals surface area contributed by atoms with E-state index in [1.807, 2.05) is 36.5 Å².